The van der Waals surface area contributed by atoms with E-state index in [2.05, 4.69) is 18.2 Å². The number of nitrogens with zero attached hydrogens (tertiary/aromatic N) is 3. The Morgan fingerprint density at radius 3 is 2.59 bits per heavy atom. The van der Waals surface area contributed by atoms with E-state index in [1.54, 1.807) is 12.1 Å². The number of phenolic OH excluding ortho intramolecular Hbond substituents is 1. The molecule has 5 nitrogen and oxygen atoms in total. The molecule has 27 heavy (non-hydrogen) atoms. The van der Waals surface area contributed by atoms with E-state index in [-0.39, 0.29) is 17.6 Å². The number of aromatic hydroxyl groups is 1. The molecule has 2 aromatic carbocycles. The zero-order valence-corrected chi connectivity index (χ0v) is 15.4. The molecule has 1 amide bonds. The molecule has 4 rings (SSSR count). The summed E-state index contributed by atoms with van der Waals surface area (Å²) in [5.74, 6) is 0.0906. The standard InChI is InChI=1S/C22H23N3O2/c1-16(18-7-9-21(26)10-8-18)22(27)24-11-12-25-20(15-24)14-19(23-25)13-17-5-3-2-4-6-17/h2-10,14,16,26H,11-13,15H2,1H3/t16-/m1/s1. The van der Waals surface area contributed by atoms with Crippen molar-refractivity contribution < 1.29 is 9.90 Å². The Balaban J connectivity index is 1.46. The number of hydrogen-bond acceptors (Lipinski definition) is 3. The highest BCUT2D eigenvalue weighted by Crippen LogP contribution is 2.23. The predicted molar refractivity (Wildman–Crippen MR) is 103 cm³/mol. The van der Waals surface area contributed by atoms with Crippen LogP contribution < -0.4 is 0 Å². The molecule has 1 atom stereocenters. The number of fused-ring (bicyclic) bond motifs is 1. The first-order valence-corrected chi connectivity index (χ1v) is 9.27. The van der Waals surface area contributed by atoms with Gasteiger partial charge in [0.1, 0.15) is 5.75 Å². The predicted octanol–water partition coefficient (Wildman–Crippen LogP) is 3.33. The van der Waals surface area contributed by atoms with Crippen molar-refractivity contribution >= 4 is 5.91 Å². The maximum Gasteiger partial charge on any atom is 0.230 e. The Morgan fingerprint density at radius 2 is 1.85 bits per heavy atom. The van der Waals surface area contributed by atoms with Crippen LogP contribution >= 0.6 is 0 Å². The topological polar surface area (TPSA) is 58.4 Å². The van der Waals surface area contributed by atoms with Crippen LogP contribution in [-0.4, -0.2) is 32.2 Å². The SMILES string of the molecule is C[C@@H](C(=O)N1CCn2nc(Cc3ccccc3)cc2C1)c1ccc(O)cc1. The molecule has 0 aliphatic carbocycles. The van der Waals surface area contributed by atoms with Crippen LogP contribution in [0.4, 0.5) is 0 Å². The van der Waals surface area contributed by atoms with Crippen LogP contribution in [0.1, 0.15) is 35.4 Å². The summed E-state index contributed by atoms with van der Waals surface area (Å²) >= 11 is 0. The van der Waals surface area contributed by atoms with Gasteiger partial charge in [-0.2, -0.15) is 5.10 Å². The number of phenols is 1. The fraction of sp³-hybridized carbons (Fsp3) is 0.273. The van der Waals surface area contributed by atoms with Gasteiger partial charge in [-0.05, 0) is 36.2 Å². The first-order chi connectivity index (χ1) is 13.1. The van der Waals surface area contributed by atoms with Gasteiger partial charge in [-0.1, -0.05) is 42.5 Å². The van der Waals surface area contributed by atoms with Crippen molar-refractivity contribution in [2.24, 2.45) is 0 Å². The molecule has 0 fully saturated rings. The summed E-state index contributed by atoms with van der Waals surface area (Å²) in [6.07, 6.45) is 0.804. The van der Waals surface area contributed by atoms with Gasteiger partial charge in [0, 0.05) is 13.0 Å². The minimum atomic E-state index is -0.233. The van der Waals surface area contributed by atoms with Crippen molar-refractivity contribution in [3.8, 4) is 5.75 Å². The molecule has 3 aromatic rings. The fourth-order valence-electron chi connectivity index (χ4n) is 3.58. The molecule has 1 aliphatic heterocycles. The van der Waals surface area contributed by atoms with Crippen LogP contribution in [-0.2, 0) is 24.3 Å². The first-order valence-electron chi connectivity index (χ1n) is 9.27. The minimum Gasteiger partial charge on any atom is -0.508 e. The molecule has 0 saturated heterocycles. The van der Waals surface area contributed by atoms with Crippen LogP contribution in [0.5, 0.6) is 5.75 Å². The van der Waals surface area contributed by atoms with Gasteiger partial charge in [0.05, 0.1) is 30.4 Å². The molecule has 0 unspecified atom stereocenters. The molecule has 1 aliphatic rings. The normalized spacial score (nSPS) is 14.6. The van der Waals surface area contributed by atoms with Gasteiger partial charge in [0.25, 0.3) is 0 Å². The highest BCUT2D eigenvalue weighted by atomic mass is 16.3. The maximum absolute atomic E-state index is 12.9. The molecule has 0 bridgehead atoms. The monoisotopic (exact) mass is 361 g/mol. The van der Waals surface area contributed by atoms with Gasteiger partial charge in [0.15, 0.2) is 0 Å². The second-order valence-corrected chi connectivity index (χ2v) is 7.09. The zero-order chi connectivity index (χ0) is 18.8. The largest absolute Gasteiger partial charge is 0.508 e. The van der Waals surface area contributed by atoms with Crippen LogP contribution in [0, 0.1) is 0 Å². The van der Waals surface area contributed by atoms with Crippen LogP contribution in [0.2, 0.25) is 0 Å². The summed E-state index contributed by atoms with van der Waals surface area (Å²) in [6.45, 7) is 3.89. The number of carbonyl (C=O) groups excluding carboxylic acids is 1. The van der Waals surface area contributed by atoms with Crippen LogP contribution in [0.3, 0.4) is 0 Å². The Labute approximate surface area is 158 Å². The van der Waals surface area contributed by atoms with Crippen molar-refractivity contribution in [2.45, 2.75) is 32.4 Å². The number of aromatic nitrogens is 2. The average Bonchev–Trinajstić information content (AvgIpc) is 3.09. The first kappa shape index (κ1) is 17.3. The lowest BCUT2D eigenvalue weighted by molar-refractivity contribution is -0.134. The van der Waals surface area contributed by atoms with Crippen LogP contribution in [0.15, 0.2) is 60.7 Å². The Morgan fingerprint density at radius 1 is 1.11 bits per heavy atom. The van der Waals surface area contributed by atoms with Gasteiger partial charge < -0.3 is 10.0 Å². The van der Waals surface area contributed by atoms with Gasteiger partial charge in [-0.15, -0.1) is 0 Å². The minimum absolute atomic E-state index is 0.109. The molecule has 0 spiro atoms. The van der Waals surface area contributed by atoms with Gasteiger partial charge >= 0.3 is 0 Å². The van der Waals surface area contributed by atoms with Gasteiger partial charge in [-0.25, -0.2) is 0 Å². The number of carbonyl (C=O) groups is 1. The lowest BCUT2D eigenvalue weighted by atomic mass is 9.99. The van der Waals surface area contributed by atoms with E-state index in [1.807, 2.05) is 46.8 Å². The summed E-state index contributed by atoms with van der Waals surface area (Å²) in [7, 11) is 0. The van der Waals surface area contributed by atoms with Crippen molar-refractivity contribution in [1.82, 2.24) is 14.7 Å². The molecule has 0 saturated carbocycles. The lowest BCUT2D eigenvalue weighted by Gasteiger charge is -2.30. The molecular formula is C22H23N3O2. The van der Waals surface area contributed by atoms with E-state index in [1.165, 1.54) is 5.56 Å². The smallest absolute Gasteiger partial charge is 0.230 e. The third-order valence-electron chi connectivity index (χ3n) is 5.15. The lowest BCUT2D eigenvalue weighted by Crippen LogP contribution is -2.40. The summed E-state index contributed by atoms with van der Waals surface area (Å²) in [4.78, 5) is 14.8. The number of hydrogen-bond donors (Lipinski definition) is 1. The Hall–Kier alpha value is -3.08. The number of amides is 1. The highest BCUT2D eigenvalue weighted by Gasteiger charge is 2.26. The number of benzene rings is 2. The van der Waals surface area contributed by atoms with E-state index < -0.39 is 0 Å². The summed E-state index contributed by atoms with van der Waals surface area (Å²) in [5.41, 5.74) is 4.28. The van der Waals surface area contributed by atoms with Crippen molar-refractivity contribution in [3.63, 3.8) is 0 Å². The summed E-state index contributed by atoms with van der Waals surface area (Å²) in [6, 6.07) is 19.3. The quantitative estimate of drug-likeness (QED) is 0.775. The Kier molecular flexibility index (Phi) is 4.67. The van der Waals surface area contributed by atoms with Crippen molar-refractivity contribution in [3.05, 3.63) is 83.2 Å². The zero-order valence-electron chi connectivity index (χ0n) is 15.4. The van der Waals surface area contributed by atoms with E-state index >= 15 is 0 Å². The van der Waals surface area contributed by atoms with Crippen molar-refractivity contribution in [1.29, 1.82) is 0 Å². The summed E-state index contributed by atoms with van der Waals surface area (Å²) in [5, 5.41) is 14.1. The van der Waals surface area contributed by atoms with E-state index in [0.717, 1.165) is 29.9 Å². The second-order valence-electron chi connectivity index (χ2n) is 7.09. The van der Waals surface area contributed by atoms with E-state index in [9.17, 15) is 9.90 Å². The Bertz CT molecular complexity index is 932. The molecule has 138 valence electrons. The fourth-order valence-corrected chi connectivity index (χ4v) is 3.58. The molecule has 1 N–H and O–H groups in total. The van der Waals surface area contributed by atoms with Crippen molar-refractivity contribution in [2.75, 3.05) is 6.54 Å². The second kappa shape index (κ2) is 7.27. The third kappa shape index (κ3) is 3.72. The van der Waals surface area contributed by atoms with Crippen LogP contribution in [0.25, 0.3) is 0 Å². The average molecular weight is 361 g/mol. The summed E-state index contributed by atoms with van der Waals surface area (Å²) < 4.78 is 2.02. The van der Waals surface area contributed by atoms with E-state index in [0.29, 0.717) is 13.1 Å². The number of rotatable bonds is 4. The highest BCUT2D eigenvalue weighted by molar-refractivity contribution is 5.83. The van der Waals surface area contributed by atoms with E-state index in [4.69, 9.17) is 5.10 Å². The molecule has 2 heterocycles. The van der Waals surface area contributed by atoms with Gasteiger partial charge in [0.2, 0.25) is 5.91 Å². The molecule has 5 heteroatoms. The molecular weight excluding hydrogens is 338 g/mol. The molecule has 1 aromatic heterocycles. The van der Waals surface area contributed by atoms with Gasteiger partial charge in [-0.3, -0.25) is 9.48 Å². The molecule has 0 radical (unpaired) electrons. The maximum atomic E-state index is 12.9. The third-order valence-corrected chi connectivity index (χ3v) is 5.15.